The molecule has 1 saturated heterocycles. The zero-order valence-electron chi connectivity index (χ0n) is 20.3. The predicted octanol–water partition coefficient (Wildman–Crippen LogP) is 2.84. The first-order valence-electron chi connectivity index (χ1n) is 11.3. The van der Waals surface area contributed by atoms with Crippen molar-refractivity contribution in [3.63, 3.8) is 0 Å². The molecule has 3 heterocycles. The maximum atomic E-state index is 14.6. The van der Waals surface area contributed by atoms with Gasteiger partial charge in [-0.1, -0.05) is 0 Å². The molecule has 0 radical (unpaired) electrons. The number of imidazole rings is 1. The number of alkyl carbamates (subject to hydrolysis) is 1. The van der Waals surface area contributed by atoms with Gasteiger partial charge in [-0.25, -0.2) is 27.0 Å². The molecule has 2 aromatic rings. The highest BCUT2D eigenvalue weighted by Crippen LogP contribution is 2.35. The Morgan fingerprint density at radius 1 is 1.26 bits per heavy atom. The van der Waals surface area contributed by atoms with Gasteiger partial charge >= 0.3 is 6.09 Å². The number of nitrogens with zero attached hydrogens (tertiary/aromatic N) is 3. The summed E-state index contributed by atoms with van der Waals surface area (Å²) in [7, 11) is -1.79. The van der Waals surface area contributed by atoms with Gasteiger partial charge in [-0.3, -0.25) is 4.90 Å². The number of amides is 1. The Bertz CT molecular complexity index is 1240. The number of aromatic nitrogens is 2. The van der Waals surface area contributed by atoms with Crippen LogP contribution in [0.1, 0.15) is 50.2 Å². The standard InChI is InChI=1S/C23H30F2N4O5S/c1-23(2,3)34-22(30)27-17-9-14(12-33-20(17)15-8-13(24)6-7-16(15)25)29-10-18-19(11-29)28(4)21(26-18)35(5,31)32/h6-8,14,17,20H,9-12H2,1-5H3,(H,27,30)/t14-,17+,20-/m1/s1. The van der Waals surface area contributed by atoms with E-state index >= 15 is 0 Å². The molecule has 0 saturated carbocycles. The molecule has 192 valence electrons. The average molecular weight is 513 g/mol. The van der Waals surface area contributed by atoms with Crippen LogP contribution in [0.2, 0.25) is 0 Å². The summed E-state index contributed by atoms with van der Waals surface area (Å²) < 4.78 is 65.4. The van der Waals surface area contributed by atoms with Crippen LogP contribution < -0.4 is 5.32 Å². The fourth-order valence-electron chi connectivity index (χ4n) is 4.62. The second-order valence-corrected chi connectivity index (χ2v) is 12.0. The minimum Gasteiger partial charge on any atom is -0.444 e. The number of nitrogens with one attached hydrogen (secondary N) is 1. The van der Waals surface area contributed by atoms with E-state index in [4.69, 9.17) is 9.47 Å². The monoisotopic (exact) mass is 512 g/mol. The highest BCUT2D eigenvalue weighted by molar-refractivity contribution is 7.90. The topological polar surface area (TPSA) is 103 Å². The quantitative estimate of drug-likeness (QED) is 0.672. The van der Waals surface area contributed by atoms with Crippen LogP contribution in [0.3, 0.4) is 0 Å². The van der Waals surface area contributed by atoms with E-state index in [1.807, 2.05) is 0 Å². The maximum Gasteiger partial charge on any atom is 0.407 e. The Kier molecular flexibility index (Phi) is 6.66. The summed E-state index contributed by atoms with van der Waals surface area (Å²) in [6, 6.07) is 2.26. The van der Waals surface area contributed by atoms with Crippen molar-refractivity contribution in [2.75, 3.05) is 12.9 Å². The number of carbonyl (C=O) groups is 1. The molecule has 12 heteroatoms. The van der Waals surface area contributed by atoms with E-state index in [0.29, 0.717) is 25.2 Å². The second kappa shape index (κ2) is 9.14. The van der Waals surface area contributed by atoms with Gasteiger partial charge in [0.1, 0.15) is 23.3 Å². The average Bonchev–Trinajstić information content (AvgIpc) is 3.28. The second-order valence-electron chi connectivity index (χ2n) is 10.1. The number of hydrogen-bond donors (Lipinski definition) is 1. The fourth-order valence-corrected chi connectivity index (χ4v) is 5.50. The lowest BCUT2D eigenvalue weighted by atomic mass is 9.92. The molecular weight excluding hydrogens is 482 g/mol. The van der Waals surface area contributed by atoms with Gasteiger partial charge in [0, 0.05) is 38.0 Å². The van der Waals surface area contributed by atoms with Crippen LogP contribution in [0.15, 0.2) is 23.4 Å². The molecule has 1 amide bonds. The molecule has 9 nitrogen and oxygen atoms in total. The van der Waals surface area contributed by atoms with Crippen LogP contribution in [0, 0.1) is 11.6 Å². The largest absolute Gasteiger partial charge is 0.444 e. The third kappa shape index (κ3) is 5.49. The van der Waals surface area contributed by atoms with E-state index in [1.54, 1.807) is 32.4 Å². The SMILES string of the molecule is Cn1c(S(C)(=O)=O)nc2c1CN([C@H]1CO[C@H](c3cc(F)ccc3F)[C@@H](NC(=O)OC(C)(C)C)C1)C2. The van der Waals surface area contributed by atoms with E-state index in [0.717, 1.165) is 30.1 Å². The van der Waals surface area contributed by atoms with Crippen LogP contribution in [0.5, 0.6) is 0 Å². The van der Waals surface area contributed by atoms with Crippen LogP contribution >= 0.6 is 0 Å². The molecule has 0 aliphatic carbocycles. The van der Waals surface area contributed by atoms with Crippen molar-refractivity contribution < 1.29 is 31.5 Å². The number of carbonyl (C=O) groups excluding carboxylic acids is 1. The number of rotatable bonds is 4. The van der Waals surface area contributed by atoms with Crippen LogP contribution in [-0.2, 0) is 39.4 Å². The van der Waals surface area contributed by atoms with Crippen LogP contribution in [-0.4, -0.2) is 59.5 Å². The van der Waals surface area contributed by atoms with Gasteiger partial charge in [0.25, 0.3) is 0 Å². The molecule has 2 aliphatic rings. The number of halogens is 2. The van der Waals surface area contributed by atoms with Gasteiger partial charge in [-0.05, 0) is 45.4 Å². The number of hydrogen-bond acceptors (Lipinski definition) is 7. The summed E-state index contributed by atoms with van der Waals surface area (Å²) in [5.41, 5.74) is 0.745. The van der Waals surface area contributed by atoms with Crippen molar-refractivity contribution in [1.29, 1.82) is 0 Å². The molecule has 1 aromatic heterocycles. The van der Waals surface area contributed by atoms with Gasteiger partial charge < -0.3 is 19.4 Å². The van der Waals surface area contributed by atoms with E-state index in [2.05, 4.69) is 15.2 Å². The molecule has 1 aromatic carbocycles. The van der Waals surface area contributed by atoms with Gasteiger partial charge in [-0.15, -0.1) is 0 Å². The summed E-state index contributed by atoms with van der Waals surface area (Å²) in [6.45, 7) is 6.26. The molecule has 1 fully saturated rings. The zero-order chi connectivity index (χ0) is 25.7. The van der Waals surface area contributed by atoms with Gasteiger partial charge in [0.2, 0.25) is 15.0 Å². The van der Waals surface area contributed by atoms with Crippen LogP contribution in [0.25, 0.3) is 0 Å². The zero-order valence-corrected chi connectivity index (χ0v) is 21.2. The number of fused-ring (bicyclic) bond motifs is 1. The highest BCUT2D eigenvalue weighted by atomic mass is 32.2. The van der Waals surface area contributed by atoms with Crippen molar-refractivity contribution in [2.45, 2.75) is 69.2 Å². The molecular formula is C23H30F2N4O5S. The molecule has 35 heavy (non-hydrogen) atoms. The van der Waals surface area contributed by atoms with Crippen molar-refractivity contribution in [3.8, 4) is 0 Å². The number of sulfone groups is 1. The normalized spacial score (nSPS) is 23.2. The van der Waals surface area contributed by atoms with Crippen molar-refractivity contribution in [3.05, 3.63) is 46.8 Å². The van der Waals surface area contributed by atoms with E-state index in [1.165, 1.54) is 0 Å². The first kappa shape index (κ1) is 25.5. The van der Waals surface area contributed by atoms with Gasteiger partial charge in [-0.2, -0.15) is 0 Å². The molecule has 2 aliphatic heterocycles. The minimum atomic E-state index is -3.46. The van der Waals surface area contributed by atoms with Crippen LogP contribution in [0.4, 0.5) is 13.6 Å². The molecule has 0 bridgehead atoms. The summed E-state index contributed by atoms with van der Waals surface area (Å²) >= 11 is 0. The lowest BCUT2D eigenvalue weighted by molar-refractivity contribution is -0.0631. The van der Waals surface area contributed by atoms with Crippen molar-refractivity contribution in [2.24, 2.45) is 7.05 Å². The Morgan fingerprint density at radius 3 is 2.60 bits per heavy atom. The maximum absolute atomic E-state index is 14.6. The fraction of sp³-hybridized carbons (Fsp3) is 0.565. The Morgan fingerprint density at radius 2 is 1.97 bits per heavy atom. The van der Waals surface area contributed by atoms with Crippen molar-refractivity contribution in [1.82, 2.24) is 19.8 Å². The smallest absolute Gasteiger partial charge is 0.407 e. The summed E-state index contributed by atoms with van der Waals surface area (Å²) in [5, 5.41) is 2.80. The molecule has 3 atom stereocenters. The molecule has 0 spiro atoms. The van der Waals surface area contributed by atoms with Crippen molar-refractivity contribution >= 4 is 15.9 Å². The summed E-state index contributed by atoms with van der Waals surface area (Å²) in [6.07, 6.45) is -0.0880. The number of ether oxygens (including phenoxy) is 2. The Hall–Kier alpha value is -2.57. The first-order chi connectivity index (χ1) is 16.2. The summed E-state index contributed by atoms with van der Waals surface area (Å²) in [5.74, 6) is -1.23. The molecule has 4 rings (SSSR count). The molecule has 1 N–H and O–H groups in total. The lowest BCUT2D eigenvalue weighted by Crippen LogP contribution is -2.52. The Labute approximate surface area is 203 Å². The first-order valence-corrected chi connectivity index (χ1v) is 13.2. The summed E-state index contributed by atoms with van der Waals surface area (Å²) in [4.78, 5) is 18.9. The highest BCUT2D eigenvalue weighted by Gasteiger charge is 2.40. The van der Waals surface area contributed by atoms with E-state index in [9.17, 15) is 22.0 Å². The van der Waals surface area contributed by atoms with E-state index < -0.39 is 45.3 Å². The van der Waals surface area contributed by atoms with E-state index in [-0.39, 0.29) is 23.4 Å². The van der Waals surface area contributed by atoms with Gasteiger partial charge in [0.15, 0.2) is 0 Å². The lowest BCUT2D eigenvalue weighted by Gasteiger charge is -2.40. The third-order valence-electron chi connectivity index (χ3n) is 6.14. The third-order valence-corrected chi connectivity index (χ3v) is 7.16. The molecule has 0 unspecified atom stereocenters. The Balaban J connectivity index is 1.55. The van der Waals surface area contributed by atoms with Gasteiger partial charge in [0.05, 0.1) is 24.0 Å². The predicted molar refractivity (Wildman–Crippen MR) is 122 cm³/mol. The number of benzene rings is 1. The minimum absolute atomic E-state index is 0.0214.